The second kappa shape index (κ2) is 6.60. The third-order valence-corrected chi connectivity index (χ3v) is 1.88. The van der Waals surface area contributed by atoms with Crippen LogP contribution in [0.25, 0.3) is 0 Å². The molecular formula is C9H18N4. The van der Waals surface area contributed by atoms with Crippen molar-refractivity contribution < 1.29 is 0 Å². The number of nitrogens with zero attached hydrogens (tertiary/aromatic N) is 3. The van der Waals surface area contributed by atoms with Crippen LogP contribution in [0, 0.1) is 0 Å². The fraction of sp³-hybridized carbons (Fsp3) is 0.778. The van der Waals surface area contributed by atoms with Crippen molar-refractivity contribution in [3.63, 3.8) is 0 Å². The van der Waals surface area contributed by atoms with Gasteiger partial charge in [0.25, 0.3) is 0 Å². The van der Waals surface area contributed by atoms with Gasteiger partial charge >= 0.3 is 0 Å². The molecular weight excluding hydrogens is 164 g/mol. The molecule has 0 aliphatic heterocycles. The molecule has 0 atom stereocenters. The van der Waals surface area contributed by atoms with E-state index in [4.69, 9.17) is 0 Å². The summed E-state index contributed by atoms with van der Waals surface area (Å²) in [6.07, 6.45) is 6.93. The molecule has 0 radical (unpaired) electrons. The molecule has 0 aliphatic rings. The molecule has 0 spiro atoms. The third kappa shape index (κ3) is 4.62. The van der Waals surface area contributed by atoms with Crippen LogP contribution in [0.5, 0.6) is 0 Å². The minimum Gasteiger partial charge on any atom is -0.317 e. The molecule has 1 aromatic heterocycles. The summed E-state index contributed by atoms with van der Waals surface area (Å²) in [5.41, 5.74) is 0. The van der Waals surface area contributed by atoms with Gasteiger partial charge < -0.3 is 5.32 Å². The Morgan fingerprint density at radius 2 is 2.23 bits per heavy atom. The average molecular weight is 182 g/mol. The van der Waals surface area contributed by atoms with Gasteiger partial charge in [0.2, 0.25) is 0 Å². The van der Waals surface area contributed by atoms with Gasteiger partial charge in [0, 0.05) is 6.54 Å². The van der Waals surface area contributed by atoms with Crippen molar-refractivity contribution in [3.8, 4) is 0 Å². The second-order valence-corrected chi connectivity index (χ2v) is 3.12. The van der Waals surface area contributed by atoms with Crippen molar-refractivity contribution >= 4 is 0 Å². The Morgan fingerprint density at radius 3 is 2.92 bits per heavy atom. The van der Waals surface area contributed by atoms with E-state index >= 15 is 0 Å². The first-order chi connectivity index (χ1) is 6.43. The van der Waals surface area contributed by atoms with E-state index in [0.29, 0.717) is 0 Å². The van der Waals surface area contributed by atoms with Gasteiger partial charge in [0.1, 0.15) is 12.7 Å². The first kappa shape index (κ1) is 10.2. The van der Waals surface area contributed by atoms with Crippen LogP contribution in [0.4, 0.5) is 0 Å². The smallest absolute Gasteiger partial charge is 0.137 e. The molecule has 0 unspecified atom stereocenters. The van der Waals surface area contributed by atoms with Crippen LogP contribution < -0.4 is 5.32 Å². The largest absolute Gasteiger partial charge is 0.317 e. The van der Waals surface area contributed by atoms with Crippen molar-refractivity contribution in [2.75, 3.05) is 13.1 Å². The Balaban J connectivity index is 1.90. The highest BCUT2D eigenvalue weighted by molar-refractivity contribution is 4.56. The molecule has 0 aromatic carbocycles. The van der Waals surface area contributed by atoms with E-state index in [1.165, 1.54) is 19.3 Å². The molecule has 0 aliphatic carbocycles. The Bertz CT molecular complexity index is 195. The highest BCUT2D eigenvalue weighted by Crippen LogP contribution is 1.91. The zero-order valence-corrected chi connectivity index (χ0v) is 8.24. The SMILES string of the molecule is CCCNCCCCn1cncn1. The molecule has 1 heterocycles. The highest BCUT2D eigenvalue weighted by Gasteiger charge is 1.91. The summed E-state index contributed by atoms with van der Waals surface area (Å²) in [5, 5.41) is 7.41. The third-order valence-electron chi connectivity index (χ3n) is 1.88. The van der Waals surface area contributed by atoms with Crippen molar-refractivity contribution in [2.24, 2.45) is 0 Å². The maximum absolute atomic E-state index is 4.04. The summed E-state index contributed by atoms with van der Waals surface area (Å²) in [4.78, 5) is 3.89. The summed E-state index contributed by atoms with van der Waals surface area (Å²) in [7, 11) is 0. The number of nitrogens with one attached hydrogen (secondary N) is 1. The summed E-state index contributed by atoms with van der Waals surface area (Å²) >= 11 is 0. The maximum Gasteiger partial charge on any atom is 0.137 e. The lowest BCUT2D eigenvalue weighted by Gasteiger charge is -2.02. The van der Waals surface area contributed by atoms with Gasteiger partial charge in [-0.2, -0.15) is 5.10 Å². The first-order valence-corrected chi connectivity index (χ1v) is 4.96. The van der Waals surface area contributed by atoms with Crippen LogP contribution in [-0.4, -0.2) is 27.9 Å². The minimum absolute atomic E-state index is 0.980. The van der Waals surface area contributed by atoms with E-state index in [-0.39, 0.29) is 0 Å². The molecule has 4 nitrogen and oxygen atoms in total. The number of aryl methyl sites for hydroxylation is 1. The number of aromatic nitrogens is 3. The summed E-state index contributed by atoms with van der Waals surface area (Å²) < 4.78 is 1.87. The highest BCUT2D eigenvalue weighted by atomic mass is 15.3. The quantitative estimate of drug-likeness (QED) is 0.641. The van der Waals surface area contributed by atoms with Crippen molar-refractivity contribution in [2.45, 2.75) is 32.7 Å². The fourth-order valence-corrected chi connectivity index (χ4v) is 1.17. The summed E-state index contributed by atoms with van der Waals surface area (Å²) in [6.45, 7) is 5.40. The average Bonchev–Trinajstić information content (AvgIpc) is 2.63. The topological polar surface area (TPSA) is 42.7 Å². The Hall–Kier alpha value is -0.900. The molecule has 0 fully saturated rings. The van der Waals surface area contributed by atoms with Gasteiger partial charge in [-0.15, -0.1) is 0 Å². The van der Waals surface area contributed by atoms with Crippen LogP contribution in [0.1, 0.15) is 26.2 Å². The zero-order valence-electron chi connectivity index (χ0n) is 8.24. The number of unbranched alkanes of at least 4 members (excludes halogenated alkanes) is 1. The van der Waals surface area contributed by atoms with E-state index in [1.54, 1.807) is 12.7 Å². The van der Waals surface area contributed by atoms with Crippen LogP contribution in [-0.2, 0) is 6.54 Å². The monoisotopic (exact) mass is 182 g/mol. The van der Waals surface area contributed by atoms with E-state index in [9.17, 15) is 0 Å². The van der Waals surface area contributed by atoms with Crippen molar-refractivity contribution in [1.82, 2.24) is 20.1 Å². The Kier molecular flexibility index (Phi) is 5.17. The molecule has 0 saturated heterocycles. The molecule has 0 bridgehead atoms. The number of rotatable bonds is 7. The number of hydrogen-bond acceptors (Lipinski definition) is 3. The lowest BCUT2D eigenvalue weighted by atomic mass is 10.3. The van der Waals surface area contributed by atoms with Gasteiger partial charge in [-0.05, 0) is 32.4 Å². The molecule has 13 heavy (non-hydrogen) atoms. The number of hydrogen-bond donors (Lipinski definition) is 1. The van der Waals surface area contributed by atoms with Crippen molar-refractivity contribution in [1.29, 1.82) is 0 Å². The van der Waals surface area contributed by atoms with Crippen LogP contribution >= 0.6 is 0 Å². The van der Waals surface area contributed by atoms with E-state index < -0.39 is 0 Å². The predicted octanol–water partition coefficient (Wildman–Crippen LogP) is 1.06. The van der Waals surface area contributed by atoms with Gasteiger partial charge in [-0.3, -0.25) is 4.68 Å². The van der Waals surface area contributed by atoms with Gasteiger partial charge in [-0.25, -0.2) is 4.98 Å². The van der Waals surface area contributed by atoms with E-state index in [0.717, 1.165) is 19.6 Å². The lowest BCUT2D eigenvalue weighted by Crippen LogP contribution is -2.16. The lowest BCUT2D eigenvalue weighted by molar-refractivity contribution is 0.534. The van der Waals surface area contributed by atoms with Crippen LogP contribution in [0.2, 0.25) is 0 Å². The molecule has 1 aromatic rings. The van der Waals surface area contributed by atoms with Crippen molar-refractivity contribution in [3.05, 3.63) is 12.7 Å². The van der Waals surface area contributed by atoms with E-state index in [2.05, 4.69) is 22.3 Å². The second-order valence-electron chi connectivity index (χ2n) is 3.12. The summed E-state index contributed by atoms with van der Waals surface area (Å²) in [5.74, 6) is 0. The summed E-state index contributed by atoms with van der Waals surface area (Å²) in [6, 6.07) is 0. The normalized spacial score (nSPS) is 10.5. The molecule has 0 amide bonds. The standard InChI is InChI=1S/C9H18N4/c1-2-5-10-6-3-4-7-13-9-11-8-12-13/h8-10H,2-7H2,1H3. The van der Waals surface area contributed by atoms with E-state index in [1.807, 2.05) is 4.68 Å². The van der Waals surface area contributed by atoms with Gasteiger partial charge in [0.15, 0.2) is 0 Å². The Labute approximate surface area is 79.4 Å². The first-order valence-electron chi connectivity index (χ1n) is 4.96. The predicted molar refractivity (Wildman–Crippen MR) is 52.4 cm³/mol. The molecule has 74 valence electrons. The molecule has 1 N–H and O–H groups in total. The van der Waals surface area contributed by atoms with Crippen LogP contribution in [0.3, 0.4) is 0 Å². The van der Waals surface area contributed by atoms with Gasteiger partial charge in [-0.1, -0.05) is 6.92 Å². The van der Waals surface area contributed by atoms with Crippen LogP contribution in [0.15, 0.2) is 12.7 Å². The zero-order chi connectivity index (χ0) is 9.36. The van der Waals surface area contributed by atoms with Gasteiger partial charge in [0.05, 0.1) is 0 Å². The molecule has 4 heteroatoms. The molecule has 0 saturated carbocycles. The minimum atomic E-state index is 0.980. The fourth-order valence-electron chi connectivity index (χ4n) is 1.17. The Morgan fingerprint density at radius 1 is 1.31 bits per heavy atom. The molecule has 1 rings (SSSR count). The maximum atomic E-state index is 4.04.